The molecule has 0 amide bonds. The molecule has 0 bridgehead atoms. The van der Waals surface area contributed by atoms with Crippen LogP contribution >= 0.6 is 0 Å². The highest BCUT2D eigenvalue weighted by atomic mass is 16.5. The van der Waals surface area contributed by atoms with Gasteiger partial charge >= 0.3 is 0 Å². The molecule has 0 atom stereocenters. The van der Waals surface area contributed by atoms with Crippen molar-refractivity contribution < 1.29 is 4.74 Å². The van der Waals surface area contributed by atoms with Gasteiger partial charge in [0.2, 0.25) is 0 Å². The molecule has 0 aliphatic heterocycles. The molecule has 0 fully saturated rings. The first-order chi connectivity index (χ1) is 6.81. The van der Waals surface area contributed by atoms with Crippen LogP contribution in [0.25, 0.3) is 11.0 Å². The first-order valence-corrected chi connectivity index (χ1v) is 4.58. The van der Waals surface area contributed by atoms with E-state index >= 15 is 0 Å². The number of hydrogen-bond donors (Lipinski definition) is 0. The maximum Gasteiger partial charge on any atom is 0.157 e. The Bertz CT molecular complexity index is 436. The van der Waals surface area contributed by atoms with Crippen molar-refractivity contribution in [3.63, 3.8) is 0 Å². The quantitative estimate of drug-likeness (QED) is 0.736. The maximum absolute atomic E-state index is 5.00. The summed E-state index contributed by atoms with van der Waals surface area (Å²) in [4.78, 5) is 4.34. The summed E-state index contributed by atoms with van der Waals surface area (Å²) in [7, 11) is 1.68. The molecule has 14 heavy (non-hydrogen) atoms. The standard InChI is InChI=1S/C10H13N3O/c1-8-5-9-7-12-13(3-4-14-2)10(9)11-6-8/h5-7H,3-4H2,1-2H3. The van der Waals surface area contributed by atoms with Crippen LogP contribution in [0.15, 0.2) is 18.5 Å². The summed E-state index contributed by atoms with van der Waals surface area (Å²) >= 11 is 0. The van der Waals surface area contributed by atoms with Crippen molar-refractivity contribution in [2.45, 2.75) is 13.5 Å². The zero-order chi connectivity index (χ0) is 9.97. The fraction of sp³-hybridized carbons (Fsp3) is 0.400. The second kappa shape index (κ2) is 3.75. The van der Waals surface area contributed by atoms with E-state index in [0.29, 0.717) is 6.61 Å². The highest BCUT2D eigenvalue weighted by Gasteiger charge is 2.02. The van der Waals surface area contributed by atoms with Gasteiger partial charge in [0.15, 0.2) is 5.65 Å². The molecule has 0 spiro atoms. The molecule has 0 saturated heterocycles. The van der Waals surface area contributed by atoms with Gasteiger partial charge in [-0.15, -0.1) is 0 Å². The zero-order valence-corrected chi connectivity index (χ0v) is 8.40. The Balaban J connectivity index is 2.37. The minimum absolute atomic E-state index is 0.659. The smallest absolute Gasteiger partial charge is 0.157 e. The molecule has 0 aliphatic carbocycles. The molecule has 2 rings (SSSR count). The van der Waals surface area contributed by atoms with E-state index in [1.807, 2.05) is 24.0 Å². The van der Waals surface area contributed by atoms with Gasteiger partial charge in [0.25, 0.3) is 0 Å². The van der Waals surface area contributed by atoms with E-state index in [-0.39, 0.29) is 0 Å². The van der Waals surface area contributed by atoms with Gasteiger partial charge in [-0.2, -0.15) is 5.10 Å². The average Bonchev–Trinajstić information content (AvgIpc) is 2.57. The number of fused-ring (bicyclic) bond motifs is 1. The highest BCUT2D eigenvalue weighted by Crippen LogP contribution is 2.11. The predicted octanol–water partition coefficient (Wildman–Crippen LogP) is 1.39. The van der Waals surface area contributed by atoms with Crippen molar-refractivity contribution in [2.75, 3.05) is 13.7 Å². The van der Waals surface area contributed by atoms with E-state index < -0.39 is 0 Å². The fourth-order valence-electron chi connectivity index (χ4n) is 1.42. The molecule has 0 aliphatic rings. The normalized spacial score (nSPS) is 11.0. The SMILES string of the molecule is COCCn1ncc2cc(C)cnc21. The van der Waals surface area contributed by atoms with Gasteiger partial charge in [0, 0.05) is 18.7 Å². The Morgan fingerprint density at radius 1 is 1.43 bits per heavy atom. The summed E-state index contributed by atoms with van der Waals surface area (Å²) in [6.45, 7) is 3.43. The summed E-state index contributed by atoms with van der Waals surface area (Å²) in [5, 5.41) is 5.33. The van der Waals surface area contributed by atoms with E-state index in [1.165, 1.54) is 0 Å². The maximum atomic E-state index is 5.00. The third-order valence-electron chi connectivity index (χ3n) is 2.12. The largest absolute Gasteiger partial charge is 0.383 e. The number of methoxy groups -OCH3 is 1. The molecule has 74 valence electrons. The van der Waals surface area contributed by atoms with Crippen molar-refractivity contribution in [3.8, 4) is 0 Å². The molecule has 0 aromatic carbocycles. The van der Waals surface area contributed by atoms with E-state index in [9.17, 15) is 0 Å². The second-order valence-electron chi connectivity index (χ2n) is 3.29. The number of aryl methyl sites for hydroxylation is 1. The molecule has 4 heteroatoms. The molecule has 0 unspecified atom stereocenters. The lowest BCUT2D eigenvalue weighted by atomic mass is 10.3. The molecule has 2 aromatic heterocycles. The highest BCUT2D eigenvalue weighted by molar-refractivity contribution is 5.74. The Kier molecular flexibility index (Phi) is 2.45. The molecule has 0 saturated carbocycles. The monoisotopic (exact) mass is 191 g/mol. The first-order valence-electron chi connectivity index (χ1n) is 4.58. The Morgan fingerprint density at radius 2 is 2.29 bits per heavy atom. The van der Waals surface area contributed by atoms with Crippen molar-refractivity contribution in [1.29, 1.82) is 0 Å². The van der Waals surface area contributed by atoms with Gasteiger partial charge in [-0.05, 0) is 18.6 Å². The number of rotatable bonds is 3. The summed E-state index contributed by atoms with van der Waals surface area (Å²) in [5.74, 6) is 0. The molecule has 2 aromatic rings. The van der Waals surface area contributed by atoms with E-state index in [1.54, 1.807) is 7.11 Å². The summed E-state index contributed by atoms with van der Waals surface area (Å²) in [6, 6.07) is 2.08. The average molecular weight is 191 g/mol. The molecule has 0 radical (unpaired) electrons. The minimum atomic E-state index is 0.659. The van der Waals surface area contributed by atoms with E-state index in [2.05, 4.69) is 16.1 Å². The van der Waals surface area contributed by atoms with Gasteiger partial charge in [0.1, 0.15) is 0 Å². The van der Waals surface area contributed by atoms with Crippen molar-refractivity contribution >= 4 is 11.0 Å². The van der Waals surface area contributed by atoms with Crippen LogP contribution in [0.4, 0.5) is 0 Å². The van der Waals surface area contributed by atoms with Crippen LogP contribution in [0.5, 0.6) is 0 Å². The second-order valence-corrected chi connectivity index (χ2v) is 3.29. The number of ether oxygens (including phenoxy) is 1. The third-order valence-corrected chi connectivity index (χ3v) is 2.12. The molecular formula is C10H13N3O. The van der Waals surface area contributed by atoms with Gasteiger partial charge in [-0.3, -0.25) is 0 Å². The lowest BCUT2D eigenvalue weighted by Crippen LogP contribution is -2.06. The molecule has 2 heterocycles. The van der Waals surface area contributed by atoms with Gasteiger partial charge in [-0.25, -0.2) is 9.67 Å². The van der Waals surface area contributed by atoms with Crippen LogP contribution in [0, 0.1) is 6.92 Å². The van der Waals surface area contributed by atoms with Gasteiger partial charge in [0.05, 0.1) is 19.3 Å². The fourth-order valence-corrected chi connectivity index (χ4v) is 1.42. The van der Waals surface area contributed by atoms with Crippen LogP contribution < -0.4 is 0 Å². The Hall–Kier alpha value is -1.42. The Labute approximate surface area is 82.5 Å². The lowest BCUT2D eigenvalue weighted by Gasteiger charge is -2.01. The minimum Gasteiger partial charge on any atom is -0.383 e. The van der Waals surface area contributed by atoms with Gasteiger partial charge in [-0.1, -0.05) is 0 Å². The summed E-state index contributed by atoms with van der Waals surface area (Å²) < 4.78 is 6.86. The van der Waals surface area contributed by atoms with Crippen molar-refractivity contribution in [2.24, 2.45) is 0 Å². The summed E-state index contributed by atoms with van der Waals surface area (Å²) in [6.07, 6.45) is 3.69. The van der Waals surface area contributed by atoms with Crippen LogP contribution in [-0.2, 0) is 11.3 Å². The van der Waals surface area contributed by atoms with Crippen molar-refractivity contribution in [1.82, 2.24) is 14.8 Å². The van der Waals surface area contributed by atoms with Crippen LogP contribution in [0.2, 0.25) is 0 Å². The number of pyridine rings is 1. The first kappa shape index (κ1) is 9.15. The molecule has 0 N–H and O–H groups in total. The third kappa shape index (κ3) is 1.61. The lowest BCUT2D eigenvalue weighted by molar-refractivity contribution is 0.184. The van der Waals surface area contributed by atoms with Crippen LogP contribution in [0.3, 0.4) is 0 Å². The van der Waals surface area contributed by atoms with Gasteiger partial charge < -0.3 is 4.74 Å². The Morgan fingerprint density at radius 3 is 3.07 bits per heavy atom. The number of nitrogens with zero attached hydrogens (tertiary/aromatic N) is 3. The van der Waals surface area contributed by atoms with Crippen LogP contribution in [0.1, 0.15) is 5.56 Å². The number of hydrogen-bond acceptors (Lipinski definition) is 3. The molecular weight excluding hydrogens is 178 g/mol. The van der Waals surface area contributed by atoms with Crippen molar-refractivity contribution in [3.05, 3.63) is 24.0 Å². The van der Waals surface area contributed by atoms with E-state index in [0.717, 1.165) is 23.1 Å². The topological polar surface area (TPSA) is 39.9 Å². The van der Waals surface area contributed by atoms with Crippen LogP contribution in [-0.4, -0.2) is 28.5 Å². The molecule has 4 nitrogen and oxygen atoms in total. The number of aromatic nitrogens is 3. The summed E-state index contributed by atoms with van der Waals surface area (Å²) in [5.41, 5.74) is 2.08. The predicted molar refractivity (Wildman–Crippen MR) is 54.1 cm³/mol. The zero-order valence-electron chi connectivity index (χ0n) is 8.40. The van der Waals surface area contributed by atoms with E-state index in [4.69, 9.17) is 4.74 Å².